The van der Waals surface area contributed by atoms with Crippen molar-refractivity contribution in [1.29, 1.82) is 0 Å². The maximum Gasteiger partial charge on any atom is 0.336 e. The van der Waals surface area contributed by atoms with Gasteiger partial charge in [-0.25, -0.2) is 4.79 Å². The molecule has 0 bridgehead atoms. The number of halogens is 1. The Morgan fingerprint density at radius 2 is 2.11 bits per heavy atom. The van der Waals surface area contributed by atoms with Gasteiger partial charge in [-0.3, -0.25) is 4.79 Å². The third-order valence-corrected chi connectivity index (χ3v) is 5.09. The van der Waals surface area contributed by atoms with Gasteiger partial charge in [0.1, 0.15) is 30.3 Å². The van der Waals surface area contributed by atoms with E-state index in [-0.39, 0.29) is 24.5 Å². The number of ether oxygens (including phenoxy) is 2. The summed E-state index contributed by atoms with van der Waals surface area (Å²) >= 11 is 6.01. The molecule has 2 heterocycles. The van der Waals surface area contributed by atoms with E-state index in [1.165, 1.54) is 12.1 Å². The predicted molar refractivity (Wildman–Crippen MR) is 103 cm³/mol. The van der Waals surface area contributed by atoms with E-state index >= 15 is 0 Å². The number of phenols is 1. The Morgan fingerprint density at radius 3 is 2.93 bits per heavy atom. The zero-order valence-corrected chi connectivity index (χ0v) is 15.8. The maximum absolute atomic E-state index is 12.5. The molecule has 144 valence electrons. The molecule has 0 amide bonds. The lowest BCUT2D eigenvalue weighted by Crippen LogP contribution is -2.29. The van der Waals surface area contributed by atoms with Crippen molar-refractivity contribution in [3.05, 3.63) is 68.5 Å². The van der Waals surface area contributed by atoms with E-state index in [1.807, 2.05) is 0 Å². The van der Waals surface area contributed by atoms with Gasteiger partial charge in [-0.1, -0.05) is 11.6 Å². The second-order valence-corrected chi connectivity index (χ2v) is 7.19. The molecule has 0 saturated heterocycles. The smallest absolute Gasteiger partial charge is 0.336 e. The van der Waals surface area contributed by atoms with Gasteiger partial charge < -0.3 is 19.0 Å². The Bertz CT molecular complexity index is 1130. The average molecular weight is 401 g/mol. The van der Waals surface area contributed by atoms with Crippen LogP contribution in [0.1, 0.15) is 16.7 Å². The first-order valence-electron chi connectivity index (χ1n) is 8.75. The fourth-order valence-electron chi connectivity index (χ4n) is 3.32. The Labute approximate surface area is 165 Å². The average Bonchev–Trinajstić information content (AvgIpc) is 2.68. The minimum atomic E-state index is -0.572. The van der Waals surface area contributed by atoms with Crippen molar-refractivity contribution in [3.8, 4) is 11.5 Å². The molecule has 1 atom stereocenters. The normalized spacial score (nSPS) is 15.7. The second-order valence-electron chi connectivity index (χ2n) is 6.75. The van der Waals surface area contributed by atoms with Gasteiger partial charge in [0.2, 0.25) is 0 Å². The van der Waals surface area contributed by atoms with Crippen molar-refractivity contribution >= 4 is 28.5 Å². The van der Waals surface area contributed by atoms with Gasteiger partial charge >= 0.3 is 11.6 Å². The third-order valence-electron chi connectivity index (χ3n) is 4.85. The molecule has 1 aromatic heterocycles. The monoisotopic (exact) mass is 400 g/mol. The Morgan fingerprint density at radius 1 is 1.29 bits per heavy atom. The van der Waals surface area contributed by atoms with Gasteiger partial charge in [0, 0.05) is 27.6 Å². The summed E-state index contributed by atoms with van der Waals surface area (Å²) < 4.78 is 16.3. The number of carbonyl (C=O) groups is 1. The molecule has 4 rings (SSSR count). The van der Waals surface area contributed by atoms with E-state index in [0.29, 0.717) is 28.0 Å². The molecule has 0 aliphatic carbocycles. The molecule has 28 heavy (non-hydrogen) atoms. The number of phenolic OH excluding ortho intramolecular Hbond substituents is 1. The number of rotatable bonds is 3. The molecule has 1 N–H and O–H groups in total. The second kappa shape index (κ2) is 7.20. The Kier molecular flexibility index (Phi) is 4.73. The number of aromatic hydroxyl groups is 1. The quantitative estimate of drug-likeness (QED) is 0.532. The van der Waals surface area contributed by atoms with E-state index in [9.17, 15) is 14.7 Å². The molecular formula is C21H17ClO6. The Hall–Kier alpha value is -2.99. The van der Waals surface area contributed by atoms with E-state index in [4.69, 9.17) is 25.5 Å². The highest BCUT2D eigenvalue weighted by Gasteiger charge is 2.27. The van der Waals surface area contributed by atoms with Crippen LogP contribution in [0.5, 0.6) is 11.5 Å². The molecule has 0 fully saturated rings. The minimum Gasteiger partial charge on any atom is -0.508 e. The summed E-state index contributed by atoms with van der Waals surface area (Å²) in [5.41, 5.74) is 1.54. The number of hydrogen-bond acceptors (Lipinski definition) is 6. The Balaban J connectivity index is 1.53. The molecule has 3 aromatic rings. The SMILES string of the molecule is Cc1c(O)ccc2c(COC(=O)[C@@H]3COc4ccc(Cl)cc4C3)cc(=O)oc12. The summed E-state index contributed by atoms with van der Waals surface area (Å²) in [4.78, 5) is 24.4. The van der Waals surface area contributed by atoms with Crippen molar-refractivity contribution in [1.82, 2.24) is 0 Å². The number of carbonyl (C=O) groups excluding carboxylic acids is 1. The topological polar surface area (TPSA) is 86.0 Å². The van der Waals surface area contributed by atoms with Crippen LogP contribution in [-0.2, 0) is 22.6 Å². The standard InChI is InChI=1S/C21H17ClO6/c1-11-17(23)4-3-16-13(8-19(24)28-20(11)16)9-27-21(25)14-6-12-7-15(22)2-5-18(12)26-10-14/h2-5,7-8,14,23H,6,9-10H2,1H3/t14-/m0/s1. The molecule has 0 saturated carbocycles. The molecule has 1 aliphatic heterocycles. The number of benzene rings is 2. The molecule has 0 spiro atoms. The molecule has 0 radical (unpaired) electrons. The van der Waals surface area contributed by atoms with Crippen LogP contribution in [0.3, 0.4) is 0 Å². The highest BCUT2D eigenvalue weighted by molar-refractivity contribution is 6.30. The van der Waals surface area contributed by atoms with Crippen LogP contribution in [0.2, 0.25) is 5.02 Å². The molecule has 6 nitrogen and oxygen atoms in total. The largest absolute Gasteiger partial charge is 0.508 e. The minimum absolute atomic E-state index is 0.0291. The maximum atomic E-state index is 12.5. The van der Waals surface area contributed by atoms with Crippen molar-refractivity contribution in [3.63, 3.8) is 0 Å². The van der Waals surface area contributed by atoms with Gasteiger partial charge in [0.05, 0.1) is 5.92 Å². The fraction of sp³-hybridized carbons (Fsp3) is 0.238. The van der Waals surface area contributed by atoms with Gasteiger partial charge in [0.25, 0.3) is 0 Å². The van der Waals surface area contributed by atoms with E-state index in [0.717, 1.165) is 11.3 Å². The van der Waals surface area contributed by atoms with Crippen LogP contribution in [0.4, 0.5) is 0 Å². The van der Waals surface area contributed by atoms with E-state index in [1.54, 1.807) is 31.2 Å². The summed E-state index contributed by atoms with van der Waals surface area (Å²) in [6.07, 6.45) is 0.472. The third kappa shape index (κ3) is 3.43. The molecule has 2 aromatic carbocycles. The van der Waals surface area contributed by atoms with Crippen molar-refractivity contribution in [2.45, 2.75) is 20.0 Å². The summed E-state index contributed by atoms with van der Waals surface area (Å²) in [5, 5.41) is 11.0. The van der Waals surface area contributed by atoms with Crippen LogP contribution < -0.4 is 10.4 Å². The molecular weight excluding hydrogens is 384 g/mol. The van der Waals surface area contributed by atoms with Crippen LogP contribution >= 0.6 is 11.6 Å². The number of hydrogen-bond donors (Lipinski definition) is 1. The van der Waals surface area contributed by atoms with E-state index in [2.05, 4.69) is 0 Å². The highest BCUT2D eigenvalue weighted by Crippen LogP contribution is 2.31. The van der Waals surface area contributed by atoms with Crippen molar-refractivity contribution in [2.24, 2.45) is 5.92 Å². The lowest BCUT2D eigenvalue weighted by molar-refractivity contribution is -0.151. The number of esters is 1. The first-order chi connectivity index (χ1) is 13.4. The lowest BCUT2D eigenvalue weighted by atomic mass is 9.97. The first-order valence-corrected chi connectivity index (χ1v) is 9.13. The lowest BCUT2D eigenvalue weighted by Gasteiger charge is -2.24. The summed E-state index contributed by atoms with van der Waals surface area (Å²) in [6, 6.07) is 9.74. The van der Waals surface area contributed by atoms with Gasteiger partial charge in [-0.15, -0.1) is 0 Å². The van der Waals surface area contributed by atoms with Crippen molar-refractivity contribution in [2.75, 3.05) is 6.61 Å². The number of fused-ring (bicyclic) bond motifs is 2. The first kappa shape index (κ1) is 18.4. The zero-order valence-electron chi connectivity index (χ0n) is 15.0. The molecule has 0 unspecified atom stereocenters. The molecule has 7 heteroatoms. The van der Waals surface area contributed by atoms with Crippen molar-refractivity contribution < 1.29 is 23.8 Å². The van der Waals surface area contributed by atoms with Crippen LogP contribution in [0, 0.1) is 12.8 Å². The predicted octanol–water partition coefficient (Wildman–Crippen LogP) is 3.75. The van der Waals surface area contributed by atoms with E-state index < -0.39 is 17.5 Å². The highest BCUT2D eigenvalue weighted by atomic mass is 35.5. The van der Waals surface area contributed by atoms with Gasteiger partial charge in [-0.05, 0) is 49.2 Å². The summed E-state index contributed by atoms with van der Waals surface area (Å²) in [6.45, 7) is 1.79. The van der Waals surface area contributed by atoms with Gasteiger partial charge in [0.15, 0.2) is 0 Å². The number of aryl methyl sites for hydroxylation is 1. The molecule has 1 aliphatic rings. The van der Waals surface area contributed by atoms with Crippen LogP contribution in [0.15, 0.2) is 45.6 Å². The van der Waals surface area contributed by atoms with Crippen LogP contribution in [-0.4, -0.2) is 17.7 Å². The van der Waals surface area contributed by atoms with Gasteiger partial charge in [-0.2, -0.15) is 0 Å². The summed E-state index contributed by atoms with van der Waals surface area (Å²) in [7, 11) is 0. The summed E-state index contributed by atoms with van der Waals surface area (Å²) in [5.74, 6) is -0.123. The fourth-order valence-corrected chi connectivity index (χ4v) is 3.51. The van der Waals surface area contributed by atoms with Crippen LogP contribution in [0.25, 0.3) is 11.0 Å². The zero-order chi connectivity index (χ0) is 19.8.